The number of carbonyl (C=O) groups is 2. The van der Waals surface area contributed by atoms with Crippen LogP contribution in [-0.4, -0.2) is 22.0 Å². The van der Waals surface area contributed by atoms with Crippen LogP contribution in [0.1, 0.15) is 41.5 Å². The highest BCUT2D eigenvalue weighted by molar-refractivity contribution is 6.02. The molecule has 0 aromatic carbocycles. The fourth-order valence-electron chi connectivity index (χ4n) is 1.15. The predicted octanol–water partition coefficient (Wildman–Crippen LogP) is 1.44. The topological polar surface area (TPSA) is 96.5 Å². The fraction of sp³-hybridized carbons (Fsp3) is 0.333. The summed E-state index contributed by atoms with van der Waals surface area (Å²) in [6.45, 7) is 6.74. The van der Waals surface area contributed by atoms with Gasteiger partial charge in [-0.2, -0.15) is 0 Å². The van der Waals surface area contributed by atoms with Crippen molar-refractivity contribution in [3.8, 4) is 0 Å². The molecule has 0 bridgehead atoms. The fourth-order valence-corrected chi connectivity index (χ4v) is 1.15. The Balaban J connectivity index is 3.03. The zero-order chi connectivity index (χ0) is 13.9. The molecule has 6 heteroatoms. The van der Waals surface area contributed by atoms with Crippen molar-refractivity contribution >= 4 is 11.9 Å². The van der Waals surface area contributed by atoms with Gasteiger partial charge in [-0.1, -0.05) is 20.8 Å². The number of aromatic amines is 1. The van der Waals surface area contributed by atoms with E-state index in [0.29, 0.717) is 0 Å². The normalized spacial score (nSPS) is 11.1. The molecule has 0 aliphatic rings. The van der Waals surface area contributed by atoms with E-state index >= 15 is 0 Å². The van der Waals surface area contributed by atoms with E-state index in [0.717, 1.165) is 0 Å². The SMILES string of the molecule is CC(C)(C)[CH]OC(=O)c1cc[nH]c(=O)c1C(=O)O. The number of aromatic carboxylic acids is 1. The molecule has 1 rings (SSSR count). The summed E-state index contributed by atoms with van der Waals surface area (Å²) in [4.78, 5) is 36.1. The Hall–Kier alpha value is -2.11. The van der Waals surface area contributed by atoms with Gasteiger partial charge in [0.05, 0.1) is 5.56 Å². The van der Waals surface area contributed by atoms with Gasteiger partial charge in [0.15, 0.2) is 0 Å². The van der Waals surface area contributed by atoms with Crippen molar-refractivity contribution in [2.75, 3.05) is 0 Å². The number of esters is 1. The van der Waals surface area contributed by atoms with Crippen molar-refractivity contribution < 1.29 is 19.4 Å². The molecule has 6 nitrogen and oxygen atoms in total. The molecule has 1 aromatic rings. The highest BCUT2D eigenvalue weighted by atomic mass is 16.5. The van der Waals surface area contributed by atoms with Gasteiger partial charge in [-0.15, -0.1) is 0 Å². The molecule has 0 saturated carbocycles. The number of carbonyl (C=O) groups excluding carboxylic acids is 1. The molecule has 0 fully saturated rings. The average Bonchev–Trinajstić information content (AvgIpc) is 2.24. The van der Waals surface area contributed by atoms with Gasteiger partial charge >= 0.3 is 11.9 Å². The van der Waals surface area contributed by atoms with Crippen LogP contribution in [-0.2, 0) is 4.74 Å². The number of pyridine rings is 1. The summed E-state index contributed by atoms with van der Waals surface area (Å²) in [5.41, 5.74) is -2.09. The second-order valence-electron chi connectivity index (χ2n) is 4.79. The van der Waals surface area contributed by atoms with E-state index in [1.165, 1.54) is 18.9 Å². The first kappa shape index (κ1) is 14.0. The van der Waals surface area contributed by atoms with Gasteiger partial charge in [0.25, 0.3) is 5.56 Å². The molecule has 18 heavy (non-hydrogen) atoms. The number of rotatable bonds is 3. The molecule has 1 radical (unpaired) electrons. The number of aromatic nitrogens is 1. The molecule has 1 aromatic heterocycles. The van der Waals surface area contributed by atoms with Crippen molar-refractivity contribution in [3.63, 3.8) is 0 Å². The van der Waals surface area contributed by atoms with Crippen molar-refractivity contribution in [1.29, 1.82) is 0 Å². The van der Waals surface area contributed by atoms with E-state index in [9.17, 15) is 14.4 Å². The second kappa shape index (κ2) is 5.03. The molecular weight excluding hydrogens is 238 g/mol. The van der Waals surface area contributed by atoms with Crippen LogP contribution in [0, 0.1) is 12.0 Å². The lowest BCUT2D eigenvalue weighted by molar-refractivity contribution is 0.0520. The van der Waals surface area contributed by atoms with E-state index in [2.05, 4.69) is 4.98 Å². The standard InChI is InChI=1S/C12H14NO5/c1-12(2,3)6-18-11(17)7-4-5-13-9(14)8(7)10(15)16/h4-6H,1-3H3,(H,13,14)(H,15,16). The number of H-pyrrole nitrogens is 1. The summed E-state index contributed by atoms with van der Waals surface area (Å²) in [6, 6.07) is 1.20. The summed E-state index contributed by atoms with van der Waals surface area (Å²) >= 11 is 0. The molecular formula is C12H14NO5. The molecule has 0 unspecified atom stereocenters. The quantitative estimate of drug-likeness (QED) is 0.793. The summed E-state index contributed by atoms with van der Waals surface area (Å²) in [7, 11) is 0. The summed E-state index contributed by atoms with van der Waals surface area (Å²) in [5, 5.41) is 8.89. The van der Waals surface area contributed by atoms with Gasteiger partial charge in [0, 0.05) is 11.6 Å². The van der Waals surface area contributed by atoms with Crippen LogP contribution in [0.5, 0.6) is 0 Å². The van der Waals surface area contributed by atoms with Gasteiger partial charge < -0.3 is 14.8 Å². The molecule has 97 valence electrons. The van der Waals surface area contributed by atoms with Crippen molar-refractivity contribution in [2.24, 2.45) is 5.41 Å². The summed E-state index contributed by atoms with van der Waals surface area (Å²) < 4.78 is 4.86. The molecule has 1 heterocycles. The lowest BCUT2D eigenvalue weighted by Gasteiger charge is -2.16. The number of carboxylic acid groups (broad SMARTS) is 1. The van der Waals surface area contributed by atoms with Crippen LogP contribution >= 0.6 is 0 Å². The minimum atomic E-state index is -1.47. The summed E-state index contributed by atoms with van der Waals surface area (Å²) in [5.74, 6) is -2.34. The van der Waals surface area contributed by atoms with Crippen molar-refractivity contribution in [3.05, 3.63) is 40.4 Å². The minimum Gasteiger partial charge on any atom is -0.477 e. The molecule has 0 aliphatic heterocycles. The Bertz CT molecular complexity index is 524. The van der Waals surface area contributed by atoms with Gasteiger partial charge in [0.2, 0.25) is 0 Å². The van der Waals surface area contributed by atoms with E-state index < -0.39 is 23.1 Å². The van der Waals surface area contributed by atoms with Crippen LogP contribution < -0.4 is 5.56 Å². The van der Waals surface area contributed by atoms with Crippen molar-refractivity contribution in [1.82, 2.24) is 4.98 Å². The predicted molar refractivity (Wildman–Crippen MR) is 63.2 cm³/mol. The first-order chi connectivity index (χ1) is 8.22. The third kappa shape index (κ3) is 3.44. The number of hydrogen-bond acceptors (Lipinski definition) is 4. The van der Waals surface area contributed by atoms with Gasteiger partial charge in [-0.25, -0.2) is 9.59 Å². The Morgan fingerprint density at radius 3 is 2.50 bits per heavy atom. The number of ether oxygens (including phenoxy) is 1. The maximum Gasteiger partial charge on any atom is 0.342 e. The van der Waals surface area contributed by atoms with Crippen LogP contribution in [0.3, 0.4) is 0 Å². The minimum absolute atomic E-state index is 0.272. The molecule has 2 N–H and O–H groups in total. The van der Waals surface area contributed by atoms with E-state index in [-0.39, 0.29) is 11.0 Å². The van der Waals surface area contributed by atoms with E-state index in [4.69, 9.17) is 9.84 Å². The molecule has 0 atom stereocenters. The Labute approximate surface area is 104 Å². The largest absolute Gasteiger partial charge is 0.477 e. The number of carboxylic acids is 1. The van der Waals surface area contributed by atoms with Gasteiger partial charge in [-0.05, 0) is 6.07 Å². The Morgan fingerprint density at radius 2 is 2.00 bits per heavy atom. The van der Waals surface area contributed by atoms with Crippen LogP contribution in [0.15, 0.2) is 17.1 Å². The third-order valence-electron chi connectivity index (χ3n) is 1.91. The zero-order valence-corrected chi connectivity index (χ0v) is 10.3. The smallest absolute Gasteiger partial charge is 0.342 e. The van der Waals surface area contributed by atoms with Crippen LogP contribution in [0.25, 0.3) is 0 Å². The lowest BCUT2D eigenvalue weighted by Crippen LogP contribution is -2.23. The monoisotopic (exact) mass is 252 g/mol. The number of nitrogens with one attached hydrogen (secondary N) is 1. The maximum absolute atomic E-state index is 11.7. The van der Waals surface area contributed by atoms with Crippen LogP contribution in [0.4, 0.5) is 0 Å². The van der Waals surface area contributed by atoms with Crippen molar-refractivity contribution in [2.45, 2.75) is 20.8 Å². The maximum atomic E-state index is 11.7. The van der Waals surface area contributed by atoms with E-state index in [1.54, 1.807) is 0 Å². The first-order valence-electron chi connectivity index (χ1n) is 5.23. The van der Waals surface area contributed by atoms with Crippen LogP contribution in [0.2, 0.25) is 0 Å². The zero-order valence-electron chi connectivity index (χ0n) is 10.3. The average molecular weight is 252 g/mol. The molecule has 0 aliphatic carbocycles. The molecule has 0 saturated heterocycles. The molecule has 0 spiro atoms. The third-order valence-corrected chi connectivity index (χ3v) is 1.91. The first-order valence-corrected chi connectivity index (χ1v) is 5.23. The highest BCUT2D eigenvalue weighted by Gasteiger charge is 2.23. The second-order valence-corrected chi connectivity index (χ2v) is 4.79. The van der Waals surface area contributed by atoms with E-state index in [1.807, 2.05) is 20.8 Å². The van der Waals surface area contributed by atoms with Gasteiger partial charge in [0.1, 0.15) is 12.2 Å². The van der Waals surface area contributed by atoms with Gasteiger partial charge in [-0.3, -0.25) is 4.79 Å². The number of hydrogen-bond donors (Lipinski definition) is 2. The summed E-state index contributed by atoms with van der Waals surface area (Å²) in [6.07, 6.45) is 1.20. The Morgan fingerprint density at radius 1 is 1.39 bits per heavy atom. The Kier molecular flexibility index (Phi) is 3.90. The molecule has 0 amide bonds. The highest BCUT2D eigenvalue weighted by Crippen LogP contribution is 2.19. The lowest BCUT2D eigenvalue weighted by atomic mass is 9.98.